The van der Waals surface area contributed by atoms with Crippen LogP contribution in [0.25, 0.3) is 0 Å². The first-order valence-corrected chi connectivity index (χ1v) is 9.35. The second kappa shape index (κ2) is 10.6. The summed E-state index contributed by atoms with van der Waals surface area (Å²) in [6.07, 6.45) is 4.98. The molecule has 0 bridgehead atoms. The molecule has 1 aromatic rings. The van der Waals surface area contributed by atoms with Gasteiger partial charge in [0.25, 0.3) is 5.91 Å². The number of anilines is 1. The molecule has 0 fully saturated rings. The number of amides is 1. The van der Waals surface area contributed by atoms with Crippen molar-refractivity contribution in [3.05, 3.63) is 35.5 Å². The predicted octanol–water partition coefficient (Wildman–Crippen LogP) is 4.67. The highest BCUT2D eigenvalue weighted by Crippen LogP contribution is 2.27. The summed E-state index contributed by atoms with van der Waals surface area (Å²) in [4.78, 5) is 12.7. The Morgan fingerprint density at radius 3 is 2.58 bits per heavy atom. The zero-order valence-corrected chi connectivity index (χ0v) is 16.9. The van der Waals surface area contributed by atoms with Crippen molar-refractivity contribution in [2.45, 2.75) is 60.0 Å². The van der Waals surface area contributed by atoms with E-state index in [2.05, 4.69) is 24.5 Å². The average molecular weight is 360 g/mol. The molecule has 0 radical (unpaired) electrons. The molecule has 0 saturated carbocycles. The Morgan fingerprint density at radius 1 is 1.31 bits per heavy atom. The summed E-state index contributed by atoms with van der Waals surface area (Å²) in [5.41, 5.74) is 2.23. The molecule has 0 aliphatic carbocycles. The molecule has 0 spiro atoms. The van der Waals surface area contributed by atoms with E-state index < -0.39 is 0 Å². The molecule has 0 aromatic heterocycles. The maximum Gasteiger partial charge on any atom is 0.258 e. The van der Waals surface area contributed by atoms with Crippen molar-refractivity contribution in [2.75, 3.05) is 12.4 Å². The quantitative estimate of drug-likeness (QED) is 0.420. The molecule has 3 N–H and O–H groups in total. The van der Waals surface area contributed by atoms with Crippen molar-refractivity contribution in [1.82, 2.24) is 5.32 Å². The Bertz CT molecular complexity index is 651. The molecule has 1 rings (SSSR count). The smallest absolute Gasteiger partial charge is 0.258 e. The third-order valence-corrected chi connectivity index (χ3v) is 4.23. The van der Waals surface area contributed by atoms with Crippen LogP contribution in [0.1, 0.15) is 52.5 Å². The van der Waals surface area contributed by atoms with Crippen LogP contribution in [-0.4, -0.2) is 24.8 Å². The van der Waals surface area contributed by atoms with Crippen molar-refractivity contribution in [1.29, 1.82) is 5.41 Å². The van der Waals surface area contributed by atoms with Gasteiger partial charge in [0, 0.05) is 30.2 Å². The van der Waals surface area contributed by atoms with Gasteiger partial charge in [-0.05, 0) is 38.3 Å². The van der Waals surface area contributed by atoms with E-state index in [4.69, 9.17) is 10.1 Å². The van der Waals surface area contributed by atoms with Crippen LogP contribution >= 0.6 is 0 Å². The lowest BCUT2D eigenvalue weighted by molar-refractivity contribution is -0.112. The Morgan fingerprint density at radius 2 is 2.00 bits per heavy atom. The van der Waals surface area contributed by atoms with Gasteiger partial charge in [0.1, 0.15) is 5.75 Å². The van der Waals surface area contributed by atoms with Crippen molar-refractivity contribution in [3.8, 4) is 5.75 Å². The van der Waals surface area contributed by atoms with Crippen molar-refractivity contribution >= 4 is 17.3 Å². The fourth-order valence-corrected chi connectivity index (χ4v) is 2.56. The first-order chi connectivity index (χ1) is 12.3. The number of hydrogen-bond acceptors (Lipinski definition) is 4. The van der Waals surface area contributed by atoms with Gasteiger partial charge in [-0.3, -0.25) is 4.79 Å². The van der Waals surface area contributed by atoms with E-state index in [0.717, 1.165) is 30.6 Å². The molecular formula is C21H33N3O2. The largest absolute Gasteiger partial charge is 0.490 e. The molecular weight excluding hydrogens is 326 g/mol. The number of ether oxygens (including phenoxy) is 1. The number of hydrogen-bond donors (Lipinski definition) is 3. The molecule has 0 aliphatic rings. The van der Waals surface area contributed by atoms with Crippen LogP contribution in [0.4, 0.5) is 5.69 Å². The van der Waals surface area contributed by atoms with Gasteiger partial charge < -0.3 is 20.8 Å². The van der Waals surface area contributed by atoms with Gasteiger partial charge in [-0.15, -0.1) is 0 Å². The fraction of sp³-hybridized carbons (Fsp3) is 0.524. The normalized spacial score (nSPS) is 12.7. The van der Waals surface area contributed by atoms with Crippen LogP contribution in [0.2, 0.25) is 0 Å². The fourth-order valence-electron chi connectivity index (χ4n) is 2.56. The predicted molar refractivity (Wildman–Crippen MR) is 109 cm³/mol. The maximum absolute atomic E-state index is 12.7. The molecule has 0 heterocycles. The van der Waals surface area contributed by atoms with E-state index >= 15 is 0 Å². The van der Waals surface area contributed by atoms with Gasteiger partial charge in [0.15, 0.2) is 0 Å². The number of unbranched alkanes of at least 4 members (excludes halogenated alkanes) is 1. The minimum Gasteiger partial charge on any atom is -0.490 e. The van der Waals surface area contributed by atoms with Crippen LogP contribution in [0.15, 0.2) is 30.0 Å². The van der Waals surface area contributed by atoms with Gasteiger partial charge in [-0.1, -0.05) is 39.7 Å². The lowest BCUT2D eigenvalue weighted by Gasteiger charge is -2.19. The van der Waals surface area contributed by atoms with E-state index in [1.807, 2.05) is 39.0 Å². The van der Waals surface area contributed by atoms with E-state index in [1.54, 1.807) is 13.2 Å². The highest BCUT2D eigenvalue weighted by atomic mass is 16.5. The van der Waals surface area contributed by atoms with E-state index in [1.165, 1.54) is 0 Å². The first-order valence-electron chi connectivity index (χ1n) is 9.35. The van der Waals surface area contributed by atoms with Crippen LogP contribution in [0.5, 0.6) is 5.75 Å². The highest BCUT2D eigenvalue weighted by Gasteiger charge is 2.19. The monoisotopic (exact) mass is 359 g/mol. The van der Waals surface area contributed by atoms with Gasteiger partial charge >= 0.3 is 0 Å². The third-order valence-electron chi connectivity index (χ3n) is 4.23. The summed E-state index contributed by atoms with van der Waals surface area (Å²) in [6.45, 7) is 9.97. The summed E-state index contributed by atoms with van der Waals surface area (Å²) in [6, 6.07) is 5.65. The zero-order chi connectivity index (χ0) is 19.7. The van der Waals surface area contributed by atoms with E-state index in [9.17, 15) is 4.79 Å². The first kappa shape index (κ1) is 21.7. The van der Waals surface area contributed by atoms with Crippen LogP contribution in [-0.2, 0) is 4.79 Å². The number of benzene rings is 1. The average Bonchev–Trinajstić information content (AvgIpc) is 2.60. The molecule has 0 saturated heterocycles. The number of carbonyl (C=O) groups excluding carboxylic acids is 1. The minimum atomic E-state index is -0.294. The highest BCUT2D eigenvalue weighted by molar-refractivity contribution is 6.24. The number of carbonyl (C=O) groups is 1. The molecule has 26 heavy (non-hydrogen) atoms. The maximum atomic E-state index is 12.7. The Hall–Kier alpha value is -2.30. The Kier molecular flexibility index (Phi) is 8.90. The summed E-state index contributed by atoms with van der Waals surface area (Å²) >= 11 is 0. The van der Waals surface area contributed by atoms with Gasteiger partial charge in [0.05, 0.1) is 11.7 Å². The Balaban J connectivity index is 2.96. The lowest BCUT2D eigenvalue weighted by atomic mass is 10.00. The van der Waals surface area contributed by atoms with Crippen LogP contribution < -0.4 is 15.4 Å². The van der Waals surface area contributed by atoms with Gasteiger partial charge in [0.2, 0.25) is 0 Å². The van der Waals surface area contributed by atoms with Crippen molar-refractivity contribution in [3.63, 3.8) is 0 Å². The SMILES string of the molecule is CCCCC(C)Oc1cccc(NC(=O)/C(=C/NC)C(=N)C(C)C)c1C. The van der Waals surface area contributed by atoms with E-state index in [-0.39, 0.29) is 17.9 Å². The second-order valence-electron chi connectivity index (χ2n) is 6.87. The van der Waals surface area contributed by atoms with Crippen LogP contribution in [0.3, 0.4) is 0 Å². The van der Waals surface area contributed by atoms with Crippen molar-refractivity contribution < 1.29 is 9.53 Å². The minimum absolute atomic E-state index is 0.0319. The Labute approximate surface area is 157 Å². The number of nitrogens with one attached hydrogen (secondary N) is 3. The lowest BCUT2D eigenvalue weighted by Crippen LogP contribution is -2.25. The summed E-state index contributed by atoms with van der Waals surface area (Å²) in [7, 11) is 1.72. The molecule has 1 aromatic carbocycles. The summed E-state index contributed by atoms with van der Waals surface area (Å²) in [5, 5.41) is 13.9. The molecule has 5 heteroatoms. The standard InChI is InChI=1S/C21H33N3O2/c1-7-8-10-15(4)26-19-12-9-11-18(16(19)5)24-21(25)17(13-23-6)20(22)14(2)3/h9,11-15,22-23H,7-8,10H2,1-6H3,(H,24,25)/b17-13+,22-20?. The third kappa shape index (κ3) is 6.21. The topological polar surface area (TPSA) is 74.2 Å². The summed E-state index contributed by atoms with van der Waals surface area (Å²) in [5.74, 6) is 0.456. The van der Waals surface area contributed by atoms with Crippen LogP contribution in [0, 0.1) is 18.3 Å². The summed E-state index contributed by atoms with van der Waals surface area (Å²) < 4.78 is 6.04. The van der Waals surface area contributed by atoms with Crippen molar-refractivity contribution in [2.24, 2.45) is 5.92 Å². The second-order valence-corrected chi connectivity index (χ2v) is 6.87. The van der Waals surface area contributed by atoms with Gasteiger partial charge in [-0.2, -0.15) is 0 Å². The molecule has 144 valence electrons. The molecule has 1 unspecified atom stereocenters. The van der Waals surface area contributed by atoms with E-state index in [0.29, 0.717) is 17.0 Å². The molecule has 1 atom stereocenters. The molecule has 1 amide bonds. The zero-order valence-electron chi connectivity index (χ0n) is 16.9. The molecule has 0 aliphatic heterocycles. The number of rotatable bonds is 10. The van der Waals surface area contributed by atoms with Gasteiger partial charge in [-0.25, -0.2) is 0 Å². The molecule has 5 nitrogen and oxygen atoms in total.